The van der Waals surface area contributed by atoms with E-state index >= 15 is 0 Å². The molecule has 5 heteroatoms. The fourth-order valence-corrected chi connectivity index (χ4v) is 6.34. The van der Waals surface area contributed by atoms with Crippen LogP contribution < -0.4 is 0 Å². The highest BCUT2D eigenvalue weighted by Crippen LogP contribution is 2.46. The van der Waals surface area contributed by atoms with E-state index in [4.69, 9.17) is 11.6 Å². The summed E-state index contributed by atoms with van der Waals surface area (Å²) in [6, 6.07) is 16.5. The number of hydrogen-bond donors (Lipinski definition) is 1. The number of halogens is 1. The van der Waals surface area contributed by atoms with Crippen LogP contribution in [-0.4, -0.2) is 59.6 Å². The molecule has 1 N–H and O–H groups in total. The zero-order valence-electron chi connectivity index (χ0n) is 19.8. The number of β-amino-alcohol motifs (C(OH)–C–C–N with tert-alkyl or cyclic N) is 1. The minimum absolute atomic E-state index is 0.0427. The van der Waals surface area contributed by atoms with Gasteiger partial charge >= 0.3 is 0 Å². The largest absolute Gasteiger partial charge is 0.392 e. The normalized spacial score (nSPS) is 21.8. The van der Waals surface area contributed by atoms with Crippen LogP contribution in [0.2, 0.25) is 5.02 Å². The molecule has 2 heterocycles. The summed E-state index contributed by atoms with van der Waals surface area (Å²) in [5, 5.41) is 11.7. The molecule has 0 bridgehead atoms. The van der Waals surface area contributed by atoms with Crippen molar-refractivity contribution >= 4 is 23.6 Å². The third kappa shape index (κ3) is 5.10. The smallest absolute Gasteiger partial charge is 0.246 e. The maximum absolute atomic E-state index is 12.6. The second-order valence-corrected chi connectivity index (χ2v) is 10.8. The van der Waals surface area contributed by atoms with Crippen molar-refractivity contribution in [2.24, 2.45) is 5.92 Å². The van der Waals surface area contributed by atoms with Gasteiger partial charge in [-0.2, -0.15) is 0 Å². The molecule has 0 saturated carbocycles. The second-order valence-electron chi connectivity index (χ2n) is 10.4. The minimum atomic E-state index is -0.313. The van der Waals surface area contributed by atoms with Crippen LogP contribution in [0.4, 0.5) is 0 Å². The fraction of sp³-hybridized carbons (Fsp3) is 0.483. The van der Waals surface area contributed by atoms with Gasteiger partial charge in [-0.25, -0.2) is 0 Å². The Morgan fingerprint density at radius 2 is 1.74 bits per heavy atom. The fourth-order valence-electron chi connectivity index (χ4n) is 6.21. The molecule has 34 heavy (non-hydrogen) atoms. The van der Waals surface area contributed by atoms with E-state index in [1.165, 1.54) is 25.7 Å². The number of hydrogen-bond acceptors (Lipinski definition) is 3. The lowest BCUT2D eigenvalue weighted by Gasteiger charge is -2.42. The van der Waals surface area contributed by atoms with Crippen LogP contribution in [-0.2, 0) is 16.6 Å². The Hall–Kier alpha value is -2.14. The second kappa shape index (κ2) is 10.2. The number of carbonyl (C=O) groups is 1. The molecule has 5 rings (SSSR count). The lowest BCUT2D eigenvalue weighted by molar-refractivity contribution is -0.128. The van der Waals surface area contributed by atoms with Crippen molar-refractivity contribution in [1.29, 1.82) is 0 Å². The van der Waals surface area contributed by atoms with Crippen molar-refractivity contribution in [3.63, 3.8) is 0 Å². The van der Waals surface area contributed by atoms with Crippen LogP contribution in [0.5, 0.6) is 0 Å². The number of fused-ring (bicyclic) bond motifs is 2. The summed E-state index contributed by atoms with van der Waals surface area (Å²) in [5.41, 5.74) is 4.45. The topological polar surface area (TPSA) is 43.8 Å². The molecular weight excluding hydrogens is 444 g/mol. The zero-order valence-corrected chi connectivity index (χ0v) is 20.6. The highest BCUT2D eigenvalue weighted by molar-refractivity contribution is 6.30. The van der Waals surface area contributed by atoms with Gasteiger partial charge < -0.3 is 14.9 Å². The maximum Gasteiger partial charge on any atom is 0.246 e. The molecule has 0 aromatic heterocycles. The third-order valence-corrected chi connectivity index (χ3v) is 8.66. The monoisotopic (exact) mass is 478 g/mol. The number of piperidine rings is 2. The number of carbonyl (C=O) groups excluding carboxylic acids is 1. The first-order valence-electron chi connectivity index (χ1n) is 12.7. The Bertz CT molecular complexity index is 1020. The molecule has 1 amide bonds. The van der Waals surface area contributed by atoms with Gasteiger partial charge in [0.1, 0.15) is 0 Å². The number of amides is 1. The molecule has 2 saturated heterocycles. The van der Waals surface area contributed by atoms with Crippen LogP contribution in [0.1, 0.15) is 48.8 Å². The first-order valence-corrected chi connectivity index (χ1v) is 13.1. The molecule has 3 aliphatic rings. The molecule has 1 unspecified atom stereocenters. The number of aliphatic hydroxyl groups excluding tert-OH is 1. The Labute approximate surface area is 208 Å². The third-order valence-electron chi connectivity index (χ3n) is 8.40. The number of benzene rings is 2. The summed E-state index contributed by atoms with van der Waals surface area (Å²) in [6.07, 6.45) is 9.79. The van der Waals surface area contributed by atoms with E-state index in [0.717, 1.165) is 38.0 Å². The summed E-state index contributed by atoms with van der Waals surface area (Å²) < 4.78 is 0. The van der Waals surface area contributed by atoms with E-state index in [1.807, 2.05) is 35.2 Å². The lowest BCUT2D eigenvalue weighted by Crippen LogP contribution is -2.47. The standard InChI is InChI=1S/C29H35ClN2O2/c30-25-8-5-22(6-9-25)7-10-28(34)32-17-12-24(13-18-32)27(33)21-31-19-15-29(16-20-31)14-11-23-3-1-2-4-26(23)29/h1-10,24,27,33H,11-21H2. The summed E-state index contributed by atoms with van der Waals surface area (Å²) in [7, 11) is 0. The Kier molecular flexibility index (Phi) is 7.10. The number of aryl methyl sites for hydroxylation is 1. The SMILES string of the molecule is O=C(C=Cc1ccc(Cl)cc1)N1CCC(C(O)CN2CCC3(CCc4ccccc43)CC2)CC1. The van der Waals surface area contributed by atoms with Crippen molar-refractivity contribution in [2.75, 3.05) is 32.7 Å². The molecule has 180 valence electrons. The Balaban J connectivity index is 1.07. The van der Waals surface area contributed by atoms with Crippen molar-refractivity contribution in [3.05, 3.63) is 76.3 Å². The Morgan fingerprint density at radius 1 is 1.03 bits per heavy atom. The number of rotatable bonds is 5. The average molecular weight is 479 g/mol. The quantitative estimate of drug-likeness (QED) is 0.619. The molecule has 2 fully saturated rings. The summed E-state index contributed by atoms with van der Waals surface area (Å²) in [5.74, 6) is 0.313. The minimum Gasteiger partial charge on any atom is -0.392 e. The predicted octanol–water partition coefficient (Wildman–Crippen LogP) is 4.93. The van der Waals surface area contributed by atoms with Gasteiger partial charge in [-0.05, 0) is 97.8 Å². The van der Waals surface area contributed by atoms with Crippen LogP contribution in [0, 0.1) is 5.92 Å². The average Bonchev–Trinajstić information content (AvgIpc) is 3.23. The van der Waals surface area contributed by atoms with Gasteiger partial charge in [-0.1, -0.05) is 48.0 Å². The van der Waals surface area contributed by atoms with Crippen LogP contribution in [0.25, 0.3) is 6.08 Å². The summed E-state index contributed by atoms with van der Waals surface area (Å²) in [6.45, 7) is 4.32. The lowest BCUT2D eigenvalue weighted by atomic mass is 9.73. The highest BCUT2D eigenvalue weighted by atomic mass is 35.5. The molecule has 4 nitrogen and oxygen atoms in total. The van der Waals surface area contributed by atoms with Gasteiger partial charge in [0.05, 0.1) is 6.10 Å². The first kappa shape index (κ1) is 23.6. The van der Waals surface area contributed by atoms with Gasteiger partial charge in [0, 0.05) is 30.7 Å². The summed E-state index contributed by atoms with van der Waals surface area (Å²) >= 11 is 5.92. The van der Waals surface area contributed by atoms with Crippen molar-refractivity contribution in [3.8, 4) is 0 Å². The van der Waals surface area contributed by atoms with Gasteiger partial charge in [0.2, 0.25) is 5.91 Å². The predicted molar refractivity (Wildman–Crippen MR) is 138 cm³/mol. The molecule has 2 aromatic rings. The molecule has 1 atom stereocenters. The van der Waals surface area contributed by atoms with Gasteiger partial charge in [0.15, 0.2) is 0 Å². The summed E-state index contributed by atoms with van der Waals surface area (Å²) in [4.78, 5) is 16.9. The van der Waals surface area contributed by atoms with Crippen molar-refractivity contribution < 1.29 is 9.90 Å². The molecular formula is C29H35ClN2O2. The van der Waals surface area contributed by atoms with Gasteiger partial charge in [-0.3, -0.25) is 4.79 Å². The van der Waals surface area contributed by atoms with Gasteiger partial charge in [0.25, 0.3) is 0 Å². The van der Waals surface area contributed by atoms with E-state index in [-0.39, 0.29) is 17.9 Å². The highest BCUT2D eigenvalue weighted by Gasteiger charge is 2.41. The van der Waals surface area contributed by atoms with E-state index in [9.17, 15) is 9.90 Å². The molecule has 1 spiro atoms. The van der Waals surface area contributed by atoms with Crippen molar-refractivity contribution in [1.82, 2.24) is 9.80 Å². The molecule has 2 aliphatic heterocycles. The van der Waals surface area contributed by atoms with E-state index < -0.39 is 0 Å². The van der Waals surface area contributed by atoms with Crippen LogP contribution >= 0.6 is 11.6 Å². The number of nitrogens with zero attached hydrogens (tertiary/aromatic N) is 2. The number of aliphatic hydroxyl groups is 1. The molecule has 2 aromatic carbocycles. The van der Waals surface area contributed by atoms with Crippen LogP contribution in [0.15, 0.2) is 54.6 Å². The Morgan fingerprint density at radius 3 is 2.47 bits per heavy atom. The van der Waals surface area contributed by atoms with Crippen molar-refractivity contribution in [2.45, 2.75) is 50.0 Å². The molecule has 0 radical (unpaired) electrons. The van der Waals surface area contributed by atoms with E-state index in [0.29, 0.717) is 23.5 Å². The van der Waals surface area contributed by atoms with Gasteiger partial charge in [-0.15, -0.1) is 0 Å². The molecule has 1 aliphatic carbocycles. The zero-order chi connectivity index (χ0) is 23.5. The van der Waals surface area contributed by atoms with E-state index in [1.54, 1.807) is 17.2 Å². The first-order chi connectivity index (χ1) is 16.5. The van der Waals surface area contributed by atoms with Crippen LogP contribution in [0.3, 0.4) is 0 Å². The maximum atomic E-state index is 12.6. The van der Waals surface area contributed by atoms with E-state index in [2.05, 4.69) is 29.2 Å². The number of likely N-dealkylation sites (tertiary alicyclic amines) is 2.